The van der Waals surface area contributed by atoms with E-state index in [1.165, 1.54) is 20.3 Å². The van der Waals surface area contributed by atoms with Gasteiger partial charge in [-0.2, -0.15) is 18.3 Å². The summed E-state index contributed by atoms with van der Waals surface area (Å²) in [6.45, 7) is 1.80. The maximum atomic E-state index is 13.0. The van der Waals surface area contributed by atoms with Gasteiger partial charge in [-0.15, -0.1) is 0 Å². The molecule has 0 bridgehead atoms. The van der Waals surface area contributed by atoms with Crippen LogP contribution in [-0.2, 0) is 19.8 Å². The van der Waals surface area contributed by atoms with Gasteiger partial charge in [0.15, 0.2) is 11.7 Å². The van der Waals surface area contributed by atoms with Crippen LogP contribution < -0.4 is 10.6 Å². The van der Waals surface area contributed by atoms with Crippen LogP contribution in [0.3, 0.4) is 0 Å². The van der Waals surface area contributed by atoms with E-state index < -0.39 is 11.9 Å². The van der Waals surface area contributed by atoms with Gasteiger partial charge < -0.3 is 10.6 Å². The summed E-state index contributed by atoms with van der Waals surface area (Å²) in [4.78, 5) is 4.03. The highest BCUT2D eigenvalue weighted by atomic mass is 35.5. The van der Waals surface area contributed by atoms with Crippen LogP contribution >= 0.6 is 23.2 Å². The first-order chi connectivity index (χ1) is 12.1. The molecule has 0 saturated carbocycles. The summed E-state index contributed by atoms with van der Waals surface area (Å²) in [5.74, 6) is 0.348. The molecule has 0 radical (unpaired) electrons. The molecule has 0 saturated heterocycles. The third kappa shape index (κ3) is 5.04. The van der Waals surface area contributed by atoms with Gasteiger partial charge >= 0.3 is 6.18 Å². The van der Waals surface area contributed by atoms with Crippen molar-refractivity contribution in [2.45, 2.75) is 25.7 Å². The Morgan fingerprint density at radius 3 is 2.58 bits per heavy atom. The van der Waals surface area contributed by atoms with E-state index in [2.05, 4.69) is 20.7 Å². The molecule has 1 aromatic carbocycles. The Kier molecular flexibility index (Phi) is 6.41. The highest BCUT2D eigenvalue weighted by Crippen LogP contribution is 2.30. The van der Waals surface area contributed by atoms with Gasteiger partial charge in [-0.3, -0.25) is 9.67 Å². The van der Waals surface area contributed by atoms with Crippen LogP contribution in [0.15, 0.2) is 29.4 Å². The summed E-state index contributed by atoms with van der Waals surface area (Å²) < 4.78 is 40.1. The Balaban J connectivity index is 2.05. The fourth-order valence-corrected chi connectivity index (χ4v) is 2.66. The van der Waals surface area contributed by atoms with Gasteiger partial charge in [0.05, 0.1) is 16.1 Å². The number of guanidine groups is 1. The molecule has 0 spiro atoms. The first kappa shape index (κ1) is 20.4. The van der Waals surface area contributed by atoms with Crippen molar-refractivity contribution in [2.75, 3.05) is 7.05 Å². The topological polar surface area (TPSA) is 54.2 Å². The van der Waals surface area contributed by atoms with Gasteiger partial charge in [0.2, 0.25) is 0 Å². The molecule has 2 aromatic rings. The highest BCUT2D eigenvalue weighted by molar-refractivity contribution is 6.42. The van der Waals surface area contributed by atoms with Crippen LogP contribution in [0, 0.1) is 0 Å². The zero-order valence-corrected chi connectivity index (χ0v) is 15.8. The van der Waals surface area contributed by atoms with E-state index in [9.17, 15) is 13.2 Å². The fraction of sp³-hybridized carbons (Fsp3) is 0.375. The molecule has 0 aliphatic carbocycles. The van der Waals surface area contributed by atoms with Crippen molar-refractivity contribution >= 4 is 29.2 Å². The smallest absolute Gasteiger partial charge is 0.352 e. The molecule has 1 unspecified atom stereocenters. The third-order valence-corrected chi connectivity index (χ3v) is 4.38. The number of benzene rings is 1. The van der Waals surface area contributed by atoms with Crippen LogP contribution in [0.4, 0.5) is 13.2 Å². The maximum Gasteiger partial charge on any atom is 0.435 e. The number of hydrogen-bond acceptors (Lipinski definition) is 2. The van der Waals surface area contributed by atoms with Gasteiger partial charge in [0.1, 0.15) is 0 Å². The van der Waals surface area contributed by atoms with E-state index in [1.807, 2.05) is 13.0 Å². The van der Waals surface area contributed by atoms with Gasteiger partial charge in [0, 0.05) is 32.4 Å². The SMILES string of the molecule is CN=C(NCc1cn(C)nc1C(F)(F)F)NC(C)c1ccc(Cl)c(Cl)c1. The van der Waals surface area contributed by atoms with Crippen molar-refractivity contribution in [1.82, 2.24) is 20.4 Å². The molecule has 2 N–H and O–H groups in total. The fourth-order valence-electron chi connectivity index (χ4n) is 2.35. The lowest BCUT2D eigenvalue weighted by molar-refractivity contribution is -0.142. The molecule has 0 fully saturated rings. The minimum Gasteiger partial charge on any atom is -0.352 e. The summed E-state index contributed by atoms with van der Waals surface area (Å²) in [5, 5.41) is 10.3. The maximum absolute atomic E-state index is 13.0. The number of alkyl halides is 3. The number of rotatable bonds is 4. The van der Waals surface area contributed by atoms with E-state index in [0.29, 0.717) is 16.0 Å². The lowest BCUT2D eigenvalue weighted by atomic mass is 10.1. The molecule has 142 valence electrons. The first-order valence-corrected chi connectivity index (χ1v) is 8.39. The van der Waals surface area contributed by atoms with Crippen molar-refractivity contribution in [3.63, 3.8) is 0 Å². The average molecular weight is 408 g/mol. The van der Waals surface area contributed by atoms with Gasteiger partial charge in [-0.05, 0) is 24.6 Å². The summed E-state index contributed by atoms with van der Waals surface area (Å²) in [7, 11) is 2.98. The molecule has 0 aliphatic heterocycles. The summed E-state index contributed by atoms with van der Waals surface area (Å²) in [6, 6.07) is 5.02. The second kappa shape index (κ2) is 8.18. The number of aromatic nitrogens is 2. The Morgan fingerprint density at radius 2 is 2.00 bits per heavy atom. The van der Waals surface area contributed by atoms with Crippen molar-refractivity contribution in [3.05, 3.63) is 51.3 Å². The number of hydrogen-bond donors (Lipinski definition) is 2. The largest absolute Gasteiger partial charge is 0.435 e. The van der Waals surface area contributed by atoms with Crippen LogP contribution in [0.25, 0.3) is 0 Å². The van der Waals surface area contributed by atoms with E-state index in [1.54, 1.807) is 12.1 Å². The van der Waals surface area contributed by atoms with Crippen LogP contribution in [0.5, 0.6) is 0 Å². The quantitative estimate of drug-likeness (QED) is 0.590. The van der Waals surface area contributed by atoms with E-state index >= 15 is 0 Å². The molecule has 1 aromatic heterocycles. The van der Waals surface area contributed by atoms with Gasteiger partial charge in [0.25, 0.3) is 0 Å². The number of halogens is 5. The Labute approximate surface area is 159 Å². The monoisotopic (exact) mass is 407 g/mol. The molecule has 5 nitrogen and oxygen atoms in total. The second-order valence-corrected chi connectivity index (χ2v) is 6.45. The molecular formula is C16H18Cl2F3N5. The lowest BCUT2D eigenvalue weighted by Crippen LogP contribution is -2.38. The first-order valence-electron chi connectivity index (χ1n) is 7.63. The Hall–Kier alpha value is -1.93. The summed E-state index contributed by atoms with van der Waals surface area (Å²) >= 11 is 11.9. The average Bonchev–Trinajstić information content (AvgIpc) is 2.95. The van der Waals surface area contributed by atoms with Crippen molar-refractivity contribution in [1.29, 1.82) is 0 Å². The Bertz CT molecular complexity index is 802. The minimum atomic E-state index is -4.51. The van der Waals surface area contributed by atoms with E-state index in [0.717, 1.165) is 10.2 Å². The van der Waals surface area contributed by atoms with E-state index in [-0.39, 0.29) is 18.2 Å². The van der Waals surface area contributed by atoms with Crippen molar-refractivity contribution in [3.8, 4) is 0 Å². The minimum absolute atomic E-state index is 0.0325. The zero-order valence-electron chi connectivity index (χ0n) is 14.3. The normalized spacial score (nSPS) is 13.6. The van der Waals surface area contributed by atoms with Gasteiger partial charge in [-0.25, -0.2) is 0 Å². The zero-order chi connectivity index (χ0) is 19.5. The molecule has 26 heavy (non-hydrogen) atoms. The molecule has 0 amide bonds. The molecule has 2 rings (SSSR count). The van der Waals surface area contributed by atoms with Crippen molar-refractivity contribution in [2.24, 2.45) is 12.0 Å². The predicted octanol–water partition coefficient (Wildman–Crippen LogP) is 4.17. The number of nitrogens with one attached hydrogen (secondary N) is 2. The number of nitrogens with zero attached hydrogens (tertiary/aromatic N) is 3. The summed E-state index contributed by atoms with van der Waals surface area (Å²) in [5.41, 5.74) is -0.0228. The Morgan fingerprint density at radius 1 is 1.31 bits per heavy atom. The highest BCUT2D eigenvalue weighted by Gasteiger charge is 2.36. The predicted molar refractivity (Wildman–Crippen MR) is 96.4 cm³/mol. The van der Waals surface area contributed by atoms with E-state index in [4.69, 9.17) is 23.2 Å². The lowest BCUT2D eigenvalue weighted by Gasteiger charge is -2.19. The second-order valence-electron chi connectivity index (χ2n) is 5.64. The van der Waals surface area contributed by atoms with Crippen molar-refractivity contribution < 1.29 is 13.2 Å². The number of aryl methyl sites for hydroxylation is 1. The standard InChI is InChI=1S/C16H18Cl2F3N5/c1-9(10-4-5-12(17)13(18)6-10)24-15(22-2)23-7-11-8-26(3)25-14(11)16(19,20)21/h4-6,8-9H,7H2,1-3H3,(H2,22,23,24). The van der Waals surface area contributed by atoms with Gasteiger partial charge in [-0.1, -0.05) is 29.3 Å². The molecule has 0 aliphatic rings. The molecule has 10 heteroatoms. The van der Waals surface area contributed by atoms with Crippen LogP contribution in [0.1, 0.15) is 29.8 Å². The molecule has 1 atom stereocenters. The third-order valence-electron chi connectivity index (χ3n) is 3.64. The molecule has 1 heterocycles. The van der Waals surface area contributed by atoms with Crippen LogP contribution in [0.2, 0.25) is 10.0 Å². The summed E-state index contributed by atoms with van der Waals surface area (Å²) in [6.07, 6.45) is -3.19. The number of aliphatic imine (C=N–C) groups is 1. The van der Waals surface area contributed by atoms with Crippen LogP contribution in [-0.4, -0.2) is 22.8 Å². The molecular weight excluding hydrogens is 390 g/mol.